The zero-order valence-corrected chi connectivity index (χ0v) is 9.31. The normalized spacial score (nSPS) is 20.4. The van der Waals surface area contributed by atoms with Gasteiger partial charge < -0.3 is 9.64 Å². The van der Waals surface area contributed by atoms with Crippen molar-refractivity contribution in [2.75, 3.05) is 20.7 Å². The molecule has 0 saturated carbocycles. The molecule has 1 aromatic carbocycles. The fourth-order valence-corrected chi connectivity index (χ4v) is 1.91. The Hall–Kier alpha value is -1.44. The van der Waals surface area contributed by atoms with E-state index in [1.54, 1.807) is 7.11 Å². The number of benzene rings is 1. The van der Waals surface area contributed by atoms with Gasteiger partial charge in [-0.05, 0) is 30.3 Å². The van der Waals surface area contributed by atoms with E-state index in [0.717, 1.165) is 12.3 Å². The van der Waals surface area contributed by atoms with Crippen LogP contribution in [0, 0.1) is 0 Å². The van der Waals surface area contributed by atoms with Crippen LogP contribution in [0.3, 0.4) is 0 Å². The maximum atomic E-state index is 5.23. The second kappa shape index (κ2) is 4.39. The molecule has 1 heterocycles. The molecule has 0 radical (unpaired) electrons. The van der Waals surface area contributed by atoms with E-state index >= 15 is 0 Å². The fourth-order valence-electron chi connectivity index (χ4n) is 1.91. The summed E-state index contributed by atoms with van der Waals surface area (Å²) in [5.74, 6) is 1.48. The van der Waals surface area contributed by atoms with Crippen LogP contribution in [0.4, 0.5) is 0 Å². The first-order valence-corrected chi connectivity index (χ1v) is 5.32. The smallest absolute Gasteiger partial charge is 0.119 e. The van der Waals surface area contributed by atoms with Gasteiger partial charge in [-0.2, -0.15) is 0 Å². The SMILES string of the molecule is COc1cccc(C2C=CN(C)CC2)c1. The van der Waals surface area contributed by atoms with Gasteiger partial charge >= 0.3 is 0 Å². The van der Waals surface area contributed by atoms with Gasteiger partial charge in [-0.25, -0.2) is 0 Å². The van der Waals surface area contributed by atoms with Crippen LogP contribution in [0.25, 0.3) is 0 Å². The van der Waals surface area contributed by atoms with E-state index in [4.69, 9.17) is 4.74 Å². The van der Waals surface area contributed by atoms with Crippen LogP contribution in [-0.2, 0) is 0 Å². The topological polar surface area (TPSA) is 12.5 Å². The van der Waals surface area contributed by atoms with Gasteiger partial charge in [-0.1, -0.05) is 18.2 Å². The van der Waals surface area contributed by atoms with Gasteiger partial charge in [0.15, 0.2) is 0 Å². The third-order valence-electron chi connectivity index (χ3n) is 2.89. The third kappa shape index (κ3) is 2.32. The molecule has 0 amide bonds. The summed E-state index contributed by atoms with van der Waals surface area (Å²) in [7, 11) is 3.82. The van der Waals surface area contributed by atoms with Crippen molar-refractivity contribution in [2.24, 2.45) is 0 Å². The number of hydrogen-bond donors (Lipinski definition) is 0. The van der Waals surface area contributed by atoms with Crippen LogP contribution in [0.2, 0.25) is 0 Å². The van der Waals surface area contributed by atoms with Crippen molar-refractivity contribution in [3.05, 3.63) is 42.1 Å². The quantitative estimate of drug-likeness (QED) is 0.732. The minimum Gasteiger partial charge on any atom is -0.497 e. The van der Waals surface area contributed by atoms with Crippen LogP contribution in [0.15, 0.2) is 36.5 Å². The highest BCUT2D eigenvalue weighted by Crippen LogP contribution is 2.27. The Bertz CT molecular complexity index is 359. The van der Waals surface area contributed by atoms with E-state index in [9.17, 15) is 0 Å². The van der Waals surface area contributed by atoms with Crippen molar-refractivity contribution in [2.45, 2.75) is 12.3 Å². The highest BCUT2D eigenvalue weighted by molar-refractivity contribution is 5.33. The van der Waals surface area contributed by atoms with E-state index in [1.807, 2.05) is 6.07 Å². The Morgan fingerprint density at radius 2 is 2.27 bits per heavy atom. The van der Waals surface area contributed by atoms with Crippen molar-refractivity contribution < 1.29 is 4.74 Å². The van der Waals surface area contributed by atoms with Crippen LogP contribution < -0.4 is 4.74 Å². The first-order chi connectivity index (χ1) is 7.29. The lowest BCUT2D eigenvalue weighted by atomic mass is 9.93. The highest BCUT2D eigenvalue weighted by atomic mass is 16.5. The van der Waals surface area contributed by atoms with Gasteiger partial charge in [0.05, 0.1) is 7.11 Å². The molecular formula is C13H17NO. The maximum Gasteiger partial charge on any atom is 0.119 e. The molecule has 0 spiro atoms. The predicted molar refractivity (Wildman–Crippen MR) is 62.1 cm³/mol. The number of rotatable bonds is 2. The van der Waals surface area contributed by atoms with Crippen molar-refractivity contribution in [1.82, 2.24) is 4.90 Å². The molecule has 1 atom stereocenters. The summed E-state index contributed by atoms with van der Waals surface area (Å²) in [4.78, 5) is 2.22. The molecule has 2 heteroatoms. The highest BCUT2D eigenvalue weighted by Gasteiger charge is 2.13. The summed E-state index contributed by atoms with van der Waals surface area (Å²) in [6.45, 7) is 1.12. The van der Waals surface area contributed by atoms with Crippen molar-refractivity contribution >= 4 is 0 Å². The minimum absolute atomic E-state index is 0.538. The molecule has 2 rings (SSSR count). The molecular weight excluding hydrogens is 186 g/mol. The first kappa shape index (κ1) is 10.1. The standard InChI is InChI=1S/C13H17NO/c1-14-8-6-11(7-9-14)12-4-3-5-13(10-12)15-2/h3-6,8,10-11H,7,9H2,1-2H3. The second-order valence-electron chi connectivity index (χ2n) is 3.99. The molecule has 1 aliphatic rings. The summed E-state index contributed by atoms with van der Waals surface area (Å²) in [6.07, 6.45) is 5.60. The lowest BCUT2D eigenvalue weighted by Crippen LogP contribution is -2.19. The van der Waals surface area contributed by atoms with Crippen LogP contribution in [0.5, 0.6) is 5.75 Å². The zero-order chi connectivity index (χ0) is 10.7. The second-order valence-corrected chi connectivity index (χ2v) is 3.99. The number of methoxy groups -OCH3 is 1. The summed E-state index contributed by atoms with van der Waals surface area (Å²) in [5.41, 5.74) is 1.35. The van der Waals surface area contributed by atoms with E-state index in [0.29, 0.717) is 5.92 Å². The molecule has 1 unspecified atom stereocenters. The molecule has 2 nitrogen and oxygen atoms in total. The lowest BCUT2D eigenvalue weighted by Gasteiger charge is -2.24. The molecule has 80 valence electrons. The number of hydrogen-bond acceptors (Lipinski definition) is 2. The van der Waals surface area contributed by atoms with E-state index in [1.165, 1.54) is 12.0 Å². The fraction of sp³-hybridized carbons (Fsp3) is 0.385. The molecule has 15 heavy (non-hydrogen) atoms. The van der Waals surface area contributed by atoms with E-state index < -0.39 is 0 Å². The Balaban J connectivity index is 2.18. The maximum absolute atomic E-state index is 5.23. The zero-order valence-electron chi connectivity index (χ0n) is 9.31. The summed E-state index contributed by atoms with van der Waals surface area (Å²) in [6, 6.07) is 8.34. The number of ether oxygens (including phenoxy) is 1. The molecule has 0 aliphatic carbocycles. The Morgan fingerprint density at radius 1 is 1.40 bits per heavy atom. The van der Waals surface area contributed by atoms with Gasteiger partial charge in [0.25, 0.3) is 0 Å². The molecule has 0 aromatic heterocycles. The van der Waals surface area contributed by atoms with Crippen LogP contribution >= 0.6 is 0 Å². The number of allylic oxidation sites excluding steroid dienone is 1. The van der Waals surface area contributed by atoms with Gasteiger partial charge in [0.2, 0.25) is 0 Å². The Morgan fingerprint density at radius 3 is 2.93 bits per heavy atom. The molecule has 0 bridgehead atoms. The Kier molecular flexibility index (Phi) is 2.95. The average molecular weight is 203 g/mol. The lowest BCUT2D eigenvalue weighted by molar-refractivity contribution is 0.404. The Labute approximate surface area is 91.2 Å². The molecule has 0 N–H and O–H groups in total. The van der Waals surface area contributed by atoms with Gasteiger partial charge in [0, 0.05) is 19.5 Å². The van der Waals surface area contributed by atoms with Gasteiger partial charge in [0.1, 0.15) is 5.75 Å². The van der Waals surface area contributed by atoms with Crippen molar-refractivity contribution in [3.8, 4) is 5.75 Å². The molecule has 0 saturated heterocycles. The molecule has 1 aliphatic heterocycles. The van der Waals surface area contributed by atoms with E-state index in [-0.39, 0.29) is 0 Å². The monoisotopic (exact) mass is 203 g/mol. The predicted octanol–water partition coefficient (Wildman–Crippen LogP) is 2.63. The summed E-state index contributed by atoms with van der Waals surface area (Å²) >= 11 is 0. The average Bonchev–Trinajstić information content (AvgIpc) is 2.30. The molecule has 0 fully saturated rings. The third-order valence-corrected chi connectivity index (χ3v) is 2.89. The summed E-state index contributed by atoms with van der Waals surface area (Å²) < 4.78 is 5.23. The first-order valence-electron chi connectivity index (χ1n) is 5.32. The van der Waals surface area contributed by atoms with Crippen molar-refractivity contribution in [1.29, 1.82) is 0 Å². The van der Waals surface area contributed by atoms with Gasteiger partial charge in [-0.3, -0.25) is 0 Å². The van der Waals surface area contributed by atoms with Gasteiger partial charge in [-0.15, -0.1) is 0 Å². The molecule has 1 aromatic rings. The van der Waals surface area contributed by atoms with Crippen LogP contribution in [0.1, 0.15) is 17.9 Å². The number of nitrogens with zero attached hydrogens (tertiary/aromatic N) is 1. The minimum atomic E-state index is 0.538. The summed E-state index contributed by atoms with van der Waals surface area (Å²) in [5, 5.41) is 0. The van der Waals surface area contributed by atoms with Crippen LogP contribution in [-0.4, -0.2) is 25.6 Å². The largest absolute Gasteiger partial charge is 0.497 e. The van der Waals surface area contributed by atoms with Crippen molar-refractivity contribution in [3.63, 3.8) is 0 Å². The van der Waals surface area contributed by atoms with E-state index in [2.05, 4.69) is 42.4 Å².